The Balaban J connectivity index is 2.18. The van der Waals surface area contributed by atoms with Crippen molar-refractivity contribution in [2.45, 2.75) is 13.5 Å². The van der Waals surface area contributed by atoms with Crippen molar-refractivity contribution in [3.05, 3.63) is 57.6 Å². The van der Waals surface area contributed by atoms with E-state index in [1.807, 2.05) is 12.3 Å². The van der Waals surface area contributed by atoms with Gasteiger partial charge in [-0.1, -0.05) is 23.7 Å². The summed E-state index contributed by atoms with van der Waals surface area (Å²) in [4.78, 5) is 24.6. The van der Waals surface area contributed by atoms with Crippen molar-refractivity contribution in [2.75, 3.05) is 0 Å². The largest absolute Gasteiger partial charge is 0.480 e. The number of nitrogens with zero attached hydrogens (tertiary/aromatic N) is 1. The Morgan fingerprint density at radius 1 is 1.27 bits per heavy atom. The fourth-order valence-electron chi connectivity index (χ4n) is 2.47. The normalized spacial score (nSPS) is 11.0. The van der Waals surface area contributed by atoms with Crippen LogP contribution in [0.5, 0.6) is 0 Å². The molecule has 1 aromatic carbocycles. The zero-order chi connectivity index (χ0) is 15.9. The summed E-state index contributed by atoms with van der Waals surface area (Å²) in [6.45, 7) is 1.74. The fourth-order valence-corrected chi connectivity index (χ4v) is 3.74. The molecule has 0 aliphatic rings. The molecule has 6 heteroatoms. The van der Waals surface area contributed by atoms with Crippen molar-refractivity contribution in [2.24, 2.45) is 0 Å². The van der Waals surface area contributed by atoms with Crippen LogP contribution in [0.2, 0.25) is 5.02 Å². The molecule has 0 bridgehead atoms. The quantitative estimate of drug-likeness (QED) is 0.735. The van der Waals surface area contributed by atoms with Crippen LogP contribution in [0.25, 0.3) is 10.2 Å². The Morgan fingerprint density at radius 2 is 2.00 bits per heavy atom. The van der Waals surface area contributed by atoms with E-state index in [0.29, 0.717) is 16.1 Å². The van der Waals surface area contributed by atoms with E-state index in [9.17, 15) is 9.59 Å². The summed E-state index contributed by atoms with van der Waals surface area (Å²) in [6.07, 6.45) is 1.61. The van der Waals surface area contributed by atoms with E-state index < -0.39 is 5.97 Å². The second-order valence-corrected chi connectivity index (χ2v) is 6.24. The van der Waals surface area contributed by atoms with Gasteiger partial charge in [-0.2, -0.15) is 0 Å². The third-order valence-electron chi connectivity index (χ3n) is 3.44. The third kappa shape index (κ3) is 2.42. The molecule has 0 fully saturated rings. The zero-order valence-corrected chi connectivity index (χ0v) is 13.2. The highest BCUT2D eigenvalue weighted by atomic mass is 35.5. The minimum absolute atomic E-state index is 0.174. The number of carboxylic acids is 1. The molecule has 0 atom stereocenters. The van der Waals surface area contributed by atoms with Crippen LogP contribution < -0.4 is 0 Å². The van der Waals surface area contributed by atoms with Gasteiger partial charge in [-0.3, -0.25) is 9.59 Å². The minimum atomic E-state index is -0.945. The SMILES string of the molecule is Cc1csc2c1c(C(=O)c1ccccc1Cl)cn2CC(=O)O. The van der Waals surface area contributed by atoms with Crippen molar-refractivity contribution < 1.29 is 14.7 Å². The maximum atomic E-state index is 12.8. The number of fused-ring (bicyclic) bond motifs is 1. The van der Waals surface area contributed by atoms with E-state index in [2.05, 4.69) is 0 Å². The summed E-state index contributed by atoms with van der Waals surface area (Å²) < 4.78 is 1.60. The van der Waals surface area contributed by atoms with Gasteiger partial charge in [0, 0.05) is 22.7 Å². The number of thiophene rings is 1. The van der Waals surface area contributed by atoms with E-state index in [-0.39, 0.29) is 12.3 Å². The summed E-state index contributed by atoms with van der Waals surface area (Å²) >= 11 is 7.54. The van der Waals surface area contributed by atoms with Crippen LogP contribution in [0.15, 0.2) is 35.8 Å². The van der Waals surface area contributed by atoms with Gasteiger partial charge < -0.3 is 9.67 Å². The van der Waals surface area contributed by atoms with Crippen LogP contribution in [0.1, 0.15) is 21.5 Å². The summed E-state index contributed by atoms with van der Waals surface area (Å²) in [5.41, 5.74) is 1.87. The Morgan fingerprint density at radius 3 is 2.68 bits per heavy atom. The molecule has 0 aliphatic carbocycles. The molecular formula is C16H12ClNO3S. The lowest BCUT2D eigenvalue weighted by atomic mass is 10.0. The second-order valence-electron chi connectivity index (χ2n) is 4.97. The highest BCUT2D eigenvalue weighted by Gasteiger charge is 2.21. The summed E-state index contributed by atoms with van der Waals surface area (Å²) in [5.74, 6) is -1.14. The maximum absolute atomic E-state index is 12.8. The molecule has 0 aliphatic heterocycles. The highest BCUT2D eigenvalue weighted by Crippen LogP contribution is 2.33. The van der Waals surface area contributed by atoms with Crippen molar-refractivity contribution in [1.82, 2.24) is 4.57 Å². The van der Waals surface area contributed by atoms with Crippen LogP contribution in [0.3, 0.4) is 0 Å². The number of rotatable bonds is 4. The number of hydrogen-bond donors (Lipinski definition) is 1. The first-order valence-electron chi connectivity index (χ1n) is 6.57. The van der Waals surface area contributed by atoms with Gasteiger partial charge in [0.2, 0.25) is 0 Å². The average Bonchev–Trinajstić information content (AvgIpc) is 3.01. The fraction of sp³-hybridized carbons (Fsp3) is 0.125. The van der Waals surface area contributed by atoms with Gasteiger partial charge in [-0.15, -0.1) is 11.3 Å². The number of hydrogen-bond acceptors (Lipinski definition) is 3. The monoisotopic (exact) mass is 333 g/mol. The number of benzene rings is 1. The predicted octanol–water partition coefficient (Wildman–Crippen LogP) is 3.98. The standard InChI is InChI=1S/C16H12ClNO3S/c1-9-8-22-16-14(9)11(6-18(16)7-13(19)20)15(21)10-4-2-3-5-12(10)17/h2-6,8H,7H2,1H3,(H,19,20). The van der Waals surface area contributed by atoms with E-state index in [0.717, 1.165) is 15.8 Å². The molecule has 2 heterocycles. The first kappa shape index (κ1) is 14.8. The molecule has 1 N–H and O–H groups in total. The van der Waals surface area contributed by atoms with E-state index in [1.165, 1.54) is 11.3 Å². The van der Waals surface area contributed by atoms with Gasteiger partial charge in [-0.25, -0.2) is 0 Å². The molecular weight excluding hydrogens is 322 g/mol. The molecule has 4 nitrogen and oxygen atoms in total. The lowest BCUT2D eigenvalue weighted by Crippen LogP contribution is -2.07. The molecule has 112 valence electrons. The smallest absolute Gasteiger partial charge is 0.323 e. The third-order valence-corrected chi connectivity index (χ3v) is 4.90. The molecule has 0 saturated heterocycles. The molecule has 0 saturated carbocycles. The highest BCUT2D eigenvalue weighted by molar-refractivity contribution is 7.17. The van der Waals surface area contributed by atoms with Gasteiger partial charge in [0.1, 0.15) is 11.4 Å². The van der Waals surface area contributed by atoms with Crippen LogP contribution >= 0.6 is 22.9 Å². The Hall–Kier alpha value is -2.11. The first-order valence-corrected chi connectivity index (χ1v) is 7.82. The van der Waals surface area contributed by atoms with Gasteiger partial charge >= 0.3 is 5.97 Å². The minimum Gasteiger partial charge on any atom is -0.480 e. The lowest BCUT2D eigenvalue weighted by Gasteiger charge is -2.02. The van der Waals surface area contributed by atoms with Crippen LogP contribution in [-0.4, -0.2) is 21.4 Å². The molecule has 2 aromatic heterocycles. The second kappa shape index (κ2) is 5.59. The number of aryl methyl sites for hydroxylation is 1. The summed E-state index contributed by atoms with van der Waals surface area (Å²) in [5, 5.41) is 12.1. The number of carbonyl (C=O) groups is 2. The number of carbonyl (C=O) groups excluding carboxylic acids is 1. The molecule has 3 rings (SSSR count). The number of aromatic nitrogens is 1. The van der Waals surface area contributed by atoms with Crippen molar-refractivity contribution in [1.29, 1.82) is 0 Å². The van der Waals surface area contributed by atoms with Crippen molar-refractivity contribution in [3.8, 4) is 0 Å². The predicted molar refractivity (Wildman–Crippen MR) is 87.1 cm³/mol. The van der Waals surface area contributed by atoms with E-state index >= 15 is 0 Å². The summed E-state index contributed by atoms with van der Waals surface area (Å²) in [6, 6.07) is 6.86. The number of ketones is 1. The van der Waals surface area contributed by atoms with Gasteiger partial charge in [0.15, 0.2) is 5.78 Å². The van der Waals surface area contributed by atoms with E-state index in [1.54, 1.807) is 35.0 Å². The van der Waals surface area contributed by atoms with Crippen LogP contribution in [0, 0.1) is 6.92 Å². The molecule has 0 radical (unpaired) electrons. The lowest BCUT2D eigenvalue weighted by molar-refractivity contribution is -0.137. The zero-order valence-electron chi connectivity index (χ0n) is 11.7. The van der Waals surface area contributed by atoms with Gasteiger partial charge in [-0.05, 0) is 30.0 Å². The Labute approximate surface area is 135 Å². The first-order chi connectivity index (χ1) is 10.5. The maximum Gasteiger partial charge on any atom is 0.323 e. The molecule has 0 spiro atoms. The van der Waals surface area contributed by atoms with Crippen LogP contribution in [0.4, 0.5) is 0 Å². The molecule has 0 amide bonds. The topological polar surface area (TPSA) is 59.3 Å². The number of halogens is 1. The van der Waals surface area contributed by atoms with E-state index in [4.69, 9.17) is 16.7 Å². The molecule has 3 aromatic rings. The van der Waals surface area contributed by atoms with Gasteiger partial charge in [0.05, 0.1) is 5.02 Å². The van der Waals surface area contributed by atoms with Crippen molar-refractivity contribution in [3.63, 3.8) is 0 Å². The Kier molecular flexibility index (Phi) is 3.76. The molecule has 0 unspecified atom stereocenters. The summed E-state index contributed by atoms with van der Waals surface area (Å²) in [7, 11) is 0. The molecule has 22 heavy (non-hydrogen) atoms. The van der Waals surface area contributed by atoms with Crippen molar-refractivity contribution >= 4 is 44.9 Å². The average molecular weight is 334 g/mol. The van der Waals surface area contributed by atoms with Crippen LogP contribution in [-0.2, 0) is 11.3 Å². The number of aliphatic carboxylic acids is 1. The number of carboxylic acid groups (broad SMARTS) is 1. The van der Waals surface area contributed by atoms with Gasteiger partial charge in [0.25, 0.3) is 0 Å². The Bertz CT molecular complexity index is 894.